The van der Waals surface area contributed by atoms with Crippen LogP contribution in [0.2, 0.25) is 0 Å². The van der Waals surface area contributed by atoms with Crippen molar-refractivity contribution < 1.29 is 33.7 Å². The number of anilines is 2. The molecule has 13 heteroatoms. The van der Waals surface area contributed by atoms with E-state index < -0.39 is 29.4 Å². The minimum absolute atomic E-state index is 0.0872. The minimum atomic E-state index is -1.31. The van der Waals surface area contributed by atoms with Crippen LogP contribution < -0.4 is 10.2 Å². The van der Waals surface area contributed by atoms with E-state index in [1.54, 1.807) is 67.5 Å². The summed E-state index contributed by atoms with van der Waals surface area (Å²) in [5.74, 6) is -1.21. The second-order valence-corrected chi connectivity index (χ2v) is 11.0. The first-order valence-corrected chi connectivity index (χ1v) is 12.5. The summed E-state index contributed by atoms with van der Waals surface area (Å²) >= 11 is 0. The number of imide groups is 1. The summed E-state index contributed by atoms with van der Waals surface area (Å²) in [6.07, 6.45) is 2.10. The highest BCUT2D eigenvalue weighted by Crippen LogP contribution is 2.32. The number of allylic oxidation sites excluding steroid dienone is 2. The molecular weight excluding hydrogens is 520 g/mol. The summed E-state index contributed by atoms with van der Waals surface area (Å²) in [6.45, 7) is 20.4. The van der Waals surface area contributed by atoms with E-state index in [-0.39, 0.29) is 40.4 Å². The number of amides is 2. The first kappa shape index (κ1) is 31.8. The Balaban J connectivity index is 2.97. The number of nitrogens with one attached hydrogen (secondary N) is 1. The summed E-state index contributed by atoms with van der Waals surface area (Å²) in [5.41, 5.74) is -1.79. The lowest BCUT2D eigenvalue weighted by molar-refractivity contribution is 0.0427. The SMILES string of the molecule is C=N/C(OC(C)C)=C(\C=C/C)Nc1nc2c(C(=O)O)cnn2c(N(C(=O)OC(C)(C)C)C(=O)OC(C)(C)C)c1C. The number of aromatic carboxylic acids is 1. The van der Waals surface area contributed by atoms with Crippen LogP contribution in [0.5, 0.6) is 0 Å². The molecule has 40 heavy (non-hydrogen) atoms. The lowest BCUT2D eigenvalue weighted by Gasteiger charge is -2.29. The number of hydrogen-bond acceptors (Lipinski definition) is 10. The molecule has 0 aliphatic carbocycles. The normalized spacial score (nSPS) is 12.8. The Morgan fingerprint density at radius 3 is 2.10 bits per heavy atom. The van der Waals surface area contributed by atoms with Gasteiger partial charge in [-0.25, -0.2) is 24.4 Å². The van der Waals surface area contributed by atoms with Gasteiger partial charge < -0.3 is 24.6 Å². The van der Waals surface area contributed by atoms with Gasteiger partial charge >= 0.3 is 18.2 Å². The molecule has 0 atom stereocenters. The number of nitrogens with zero attached hydrogens (tertiary/aromatic N) is 5. The average molecular weight is 559 g/mol. The van der Waals surface area contributed by atoms with E-state index in [4.69, 9.17) is 14.2 Å². The van der Waals surface area contributed by atoms with Crippen molar-refractivity contribution in [3.63, 3.8) is 0 Å². The molecule has 0 saturated carbocycles. The van der Waals surface area contributed by atoms with Gasteiger partial charge in [-0.15, -0.1) is 0 Å². The van der Waals surface area contributed by atoms with Gasteiger partial charge in [0.2, 0.25) is 5.88 Å². The molecule has 2 aromatic heterocycles. The third-order valence-corrected chi connectivity index (χ3v) is 4.75. The van der Waals surface area contributed by atoms with E-state index in [1.165, 1.54) is 0 Å². The van der Waals surface area contributed by atoms with Crippen molar-refractivity contribution in [1.29, 1.82) is 0 Å². The number of aliphatic imine (C=N–C) groups is 1. The van der Waals surface area contributed by atoms with Gasteiger partial charge in [0, 0.05) is 5.56 Å². The smallest absolute Gasteiger partial charge is 0.425 e. The van der Waals surface area contributed by atoms with Crippen LogP contribution in [-0.4, -0.2) is 61.9 Å². The van der Waals surface area contributed by atoms with Crippen LogP contribution in [0.25, 0.3) is 5.65 Å². The van der Waals surface area contributed by atoms with Gasteiger partial charge in [0.05, 0.1) is 12.3 Å². The van der Waals surface area contributed by atoms with Crippen LogP contribution >= 0.6 is 0 Å². The molecule has 0 aliphatic heterocycles. The molecule has 2 aromatic rings. The number of carbonyl (C=O) groups excluding carboxylic acids is 2. The van der Waals surface area contributed by atoms with Crippen LogP contribution in [0, 0.1) is 6.92 Å². The van der Waals surface area contributed by atoms with E-state index in [1.807, 2.05) is 13.8 Å². The Morgan fingerprint density at radius 1 is 1.12 bits per heavy atom. The highest BCUT2D eigenvalue weighted by Gasteiger charge is 2.37. The van der Waals surface area contributed by atoms with E-state index in [2.05, 4.69) is 27.1 Å². The van der Waals surface area contributed by atoms with E-state index in [9.17, 15) is 19.5 Å². The molecule has 0 aromatic carbocycles. The zero-order chi connectivity index (χ0) is 30.6. The Labute approximate surface area is 233 Å². The molecule has 2 heterocycles. The van der Waals surface area contributed by atoms with Gasteiger partial charge in [0.15, 0.2) is 11.5 Å². The maximum atomic E-state index is 13.5. The second kappa shape index (κ2) is 12.2. The summed E-state index contributed by atoms with van der Waals surface area (Å²) in [4.78, 5) is 48.1. The average Bonchev–Trinajstić information content (AvgIpc) is 3.20. The summed E-state index contributed by atoms with van der Waals surface area (Å²) in [5, 5.41) is 17.0. The van der Waals surface area contributed by atoms with Gasteiger partial charge in [-0.3, -0.25) is 0 Å². The number of ether oxygens (including phenoxy) is 3. The van der Waals surface area contributed by atoms with Crippen molar-refractivity contribution in [2.24, 2.45) is 4.99 Å². The molecule has 0 radical (unpaired) electrons. The fraction of sp³-hybridized carbons (Fsp3) is 0.481. The van der Waals surface area contributed by atoms with Crippen molar-refractivity contribution in [3.8, 4) is 0 Å². The predicted molar refractivity (Wildman–Crippen MR) is 151 cm³/mol. The molecule has 2 N–H and O–H groups in total. The van der Waals surface area contributed by atoms with Crippen molar-refractivity contribution in [3.05, 3.63) is 41.1 Å². The first-order valence-electron chi connectivity index (χ1n) is 12.5. The first-order chi connectivity index (χ1) is 18.4. The van der Waals surface area contributed by atoms with Gasteiger partial charge in [0.1, 0.15) is 28.3 Å². The van der Waals surface area contributed by atoms with Crippen LogP contribution in [0.15, 0.2) is 34.9 Å². The van der Waals surface area contributed by atoms with Crippen molar-refractivity contribution in [2.75, 3.05) is 10.2 Å². The standard InChI is InChI=1S/C27H38N6O7/c1-12-13-18(21(28-11)38-15(2)3)30-19-16(4)22(33-20(31-19)17(14-29-33)23(34)35)32(24(36)39-26(5,6)7)25(37)40-27(8,9)10/h12-15H,11H2,1-10H3,(H,30,31)(H,34,35)/b13-12-,21-18-. The van der Waals surface area contributed by atoms with Gasteiger partial charge in [-0.2, -0.15) is 14.5 Å². The fourth-order valence-corrected chi connectivity index (χ4v) is 3.33. The van der Waals surface area contributed by atoms with E-state index in [0.29, 0.717) is 10.6 Å². The molecule has 0 aliphatic rings. The minimum Gasteiger partial charge on any atom is -0.477 e. The second-order valence-electron chi connectivity index (χ2n) is 11.0. The molecular formula is C27H38N6O7. The Kier molecular flexibility index (Phi) is 9.68. The Morgan fingerprint density at radius 2 is 1.68 bits per heavy atom. The summed E-state index contributed by atoms with van der Waals surface area (Å²) < 4.78 is 17.9. The third kappa shape index (κ3) is 7.80. The maximum Gasteiger partial charge on any atom is 0.425 e. The predicted octanol–water partition coefficient (Wildman–Crippen LogP) is 5.70. The number of carboxylic acid groups (broad SMARTS) is 1. The number of rotatable bonds is 8. The number of fused-ring (bicyclic) bond motifs is 1. The van der Waals surface area contributed by atoms with Crippen molar-refractivity contribution in [2.45, 2.75) is 86.5 Å². The third-order valence-electron chi connectivity index (χ3n) is 4.75. The fourth-order valence-electron chi connectivity index (χ4n) is 3.33. The molecule has 0 saturated heterocycles. The van der Waals surface area contributed by atoms with Gasteiger partial charge in [-0.05, 0) is 82.0 Å². The largest absolute Gasteiger partial charge is 0.477 e. The number of carboxylic acids is 1. The van der Waals surface area contributed by atoms with Crippen LogP contribution in [0.4, 0.5) is 21.2 Å². The van der Waals surface area contributed by atoms with E-state index >= 15 is 0 Å². The highest BCUT2D eigenvalue weighted by atomic mass is 16.6. The van der Waals surface area contributed by atoms with Crippen molar-refractivity contribution >= 4 is 42.2 Å². The summed E-state index contributed by atoms with van der Waals surface area (Å²) in [7, 11) is 0. The maximum absolute atomic E-state index is 13.5. The lowest BCUT2D eigenvalue weighted by atomic mass is 10.2. The van der Waals surface area contributed by atoms with Crippen LogP contribution in [-0.2, 0) is 14.2 Å². The van der Waals surface area contributed by atoms with Crippen molar-refractivity contribution in [1.82, 2.24) is 14.6 Å². The summed E-state index contributed by atoms with van der Waals surface area (Å²) in [6, 6.07) is 0. The van der Waals surface area contributed by atoms with Gasteiger partial charge in [-0.1, -0.05) is 6.08 Å². The zero-order valence-electron chi connectivity index (χ0n) is 24.6. The quantitative estimate of drug-likeness (QED) is 0.234. The zero-order valence-corrected chi connectivity index (χ0v) is 24.6. The number of carbonyl (C=O) groups is 3. The number of aromatic nitrogens is 3. The highest BCUT2D eigenvalue weighted by molar-refractivity contribution is 6.10. The molecule has 218 valence electrons. The molecule has 0 bridgehead atoms. The molecule has 2 rings (SSSR count). The molecule has 0 unspecified atom stereocenters. The number of hydrogen-bond donors (Lipinski definition) is 2. The Bertz CT molecular complexity index is 1330. The van der Waals surface area contributed by atoms with E-state index in [0.717, 1.165) is 10.7 Å². The van der Waals surface area contributed by atoms with Gasteiger partial charge in [0.25, 0.3) is 0 Å². The van der Waals surface area contributed by atoms with Crippen LogP contribution in [0.3, 0.4) is 0 Å². The molecule has 2 amide bonds. The molecule has 0 fully saturated rings. The lowest BCUT2D eigenvalue weighted by Crippen LogP contribution is -2.45. The Hall–Kier alpha value is -4.42. The topological polar surface area (TPSA) is 157 Å². The van der Waals surface area contributed by atoms with Crippen LogP contribution in [0.1, 0.15) is 78.2 Å². The molecule has 13 nitrogen and oxygen atoms in total. The molecule has 0 spiro atoms. The monoisotopic (exact) mass is 558 g/mol.